The van der Waals surface area contributed by atoms with Crippen molar-refractivity contribution in [1.29, 1.82) is 0 Å². The number of halogens is 1. The summed E-state index contributed by atoms with van der Waals surface area (Å²) in [5, 5.41) is 15.3. The molecule has 2 heterocycles. The number of allylic oxidation sites excluding steroid dienone is 2. The number of carbonyl (C=O) groups is 1. The van der Waals surface area contributed by atoms with Gasteiger partial charge in [0.25, 0.3) is 0 Å². The zero-order valence-electron chi connectivity index (χ0n) is 17.5. The predicted molar refractivity (Wildman–Crippen MR) is 122 cm³/mol. The van der Waals surface area contributed by atoms with Gasteiger partial charge in [-0.15, -0.1) is 0 Å². The molecule has 9 heteroatoms. The minimum atomic E-state index is -0.399. The van der Waals surface area contributed by atoms with Crippen molar-refractivity contribution in [2.45, 2.75) is 38.8 Å². The lowest BCUT2D eigenvalue weighted by molar-refractivity contribution is -0.116. The Morgan fingerprint density at radius 2 is 1.97 bits per heavy atom. The van der Waals surface area contributed by atoms with Crippen LogP contribution < -0.4 is 14.8 Å². The maximum Gasteiger partial charge on any atom is 0.248 e. The summed E-state index contributed by atoms with van der Waals surface area (Å²) in [7, 11) is 0. The van der Waals surface area contributed by atoms with Crippen molar-refractivity contribution in [2.75, 3.05) is 11.9 Å². The maximum absolute atomic E-state index is 12.9. The number of hydrogen-bond acceptors (Lipinski definition) is 7. The van der Waals surface area contributed by atoms with Gasteiger partial charge in [0.2, 0.25) is 5.95 Å². The van der Waals surface area contributed by atoms with Crippen LogP contribution in [0.15, 0.2) is 58.2 Å². The first-order chi connectivity index (χ1) is 15.6. The Labute approximate surface area is 193 Å². The average molecular weight is 496 g/mol. The minimum absolute atomic E-state index is 0.124. The van der Waals surface area contributed by atoms with Gasteiger partial charge in [-0.3, -0.25) is 4.79 Å². The quantitative estimate of drug-likeness (QED) is 0.540. The maximum atomic E-state index is 12.9. The van der Waals surface area contributed by atoms with Crippen molar-refractivity contribution in [3.63, 3.8) is 0 Å². The van der Waals surface area contributed by atoms with Gasteiger partial charge in [0, 0.05) is 22.2 Å². The standard InChI is InChI=1S/C23H22BrN5O3/c1-2-31-20-12-15(8-11-19(20)32-13-14-6-9-16(24)10-7-14)22-21-17(4-3-5-18(21)30)25-23-26-27-28-29(22)23/h6-12,22H,2-5,13H2,1H3,(H,25,26,28). The summed E-state index contributed by atoms with van der Waals surface area (Å²) in [6, 6.07) is 13.4. The molecule has 1 atom stereocenters. The number of ketones is 1. The molecule has 164 valence electrons. The van der Waals surface area contributed by atoms with E-state index in [1.807, 2.05) is 49.4 Å². The van der Waals surface area contributed by atoms with E-state index in [4.69, 9.17) is 9.47 Å². The van der Waals surface area contributed by atoms with E-state index in [9.17, 15) is 4.79 Å². The van der Waals surface area contributed by atoms with Gasteiger partial charge in [0.05, 0.1) is 6.61 Å². The number of anilines is 1. The summed E-state index contributed by atoms with van der Waals surface area (Å²) >= 11 is 3.45. The van der Waals surface area contributed by atoms with Crippen LogP contribution in [-0.2, 0) is 11.4 Å². The van der Waals surface area contributed by atoms with E-state index in [0.29, 0.717) is 37.1 Å². The first kappa shape index (κ1) is 20.7. The molecule has 1 unspecified atom stereocenters. The van der Waals surface area contributed by atoms with Crippen molar-refractivity contribution in [3.05, 3.63) is 69.3 Å². The van der Waals surface area contributed by atoms with Gasteiger partial charge < -0.3 is 14.8 Å². The van der Waals surface area contributed by atoms with Crippen molar-refractivity contribution in [1.82, 2.24) is 20.2 Å². The molecule has 0 radical (unpaired) electrons. The summed E-state index contributed by atoms with van der Waals surface area (Å²) in [6.07, 6.45) is 2.16. The molecule has 1 aliphatic carbocycles. The zero-order chi connectivity index (χ0) is 22.1. The average Bonchev–Trinajstić information content (AvgIpc) is 3.26. The highest BCUT2D eigenvalue weighted by Crippen LogP contribution is 2.41. The highest BCUT2D eigenvalue weighted by Gasteiger charge is 2.37. The molecule has 0 spiro atoms. The fourth-order valence-corrected chi connectivity index (χ4v) is 4.41. The van der Waals surface area contributed by atoms with Crippen molar-refractivity contribution >= 4 is 27.7 Å². The van der Waals surface area contributed by atoms with Gasteiger partial charge in [-0.1, -0.05) is 39.2 Å². The van der Waals surface area contributed by atoms with E-state index in [1.165, 1.54) is 0 Å². The first-order valence-corrected chi connectivity index (χ1v) is 11.4. The van der Waals surface area contributed by atoms with E-state index in [2.05, 4.69) is 36.8 Å². The van der Waals surface area contributed by atoms with Gasteiger partial charge in [0.1, 0.15) is 12.6 Å². The third kappa shape index (κ3) is 3.88. The first-order valence-electron chi connectivity index (χ1n) is 10.6. The number of benzene rings is 2. The fraction of sp³-hybridized carbons (Fsp3) is 0.304. The fourth-order valence-electron chi connectivity index (χ4n) is 4.15. The van der Waals surface area contributed by atoms with Crippen LogP contribution in [0.25, 0.3) is 0 Å². The number of ether oxygens (including phenoxy) is 2. The van der Waals surface area contributed by atoms with Gasteiger partial charge in [-0.05, 0) is 65.6 Å². The Balaban J connectivity index is 1.49. The largest absolute Gasteiger partial charge is 0.490 e. The summed E-state index contributed by atoms with van der Waals surface area (Å²) < 4.78 is 14.6. The summed E-state index contributed by atoms with van der Waals surface area (Å²) in [6.45, 7) is 2.85. The van der Waals surface area contributed by atoms with Gasteiger partial charge in [0.15, 0.2) is 17.3 Å². The number of tetrazole rings is 1. The topological polar surface area (TPSA) is 91.2 Å². The third-order valence-corrected chi connectivity index (χ3v) is 6.15. The highest BCUT2D eigenvalue weighted by molar-refractivity contribution is 9.10. The van der Waals surface area contributed by atoms with E-state index in [0.717, 1.165) is 39.7 Å². The molecular weight excluding hydrogens is 474 g/mol. The lowest BCUT2D eigenvalue weighted by atomic mass is 9.85. The van der Waals surface area contributed by atoms with Gasteiger partial charge >= 0.3 is 0 Å². The SMILES string of the molecule is CCOc1cc(C2C3=C(CCCC3=O)Nc3nnnn32)ccc1OCc1ccc(Br)cc1. The van der Waals surface area contributed by atoms with Crippen LogP contribution in [0.5, 0.6) is 11.5 Å². The Kier molecular flexibility index (Phi) is 5.65. The number of hydrogen-bond donors (Lipinski definition) is 1. The van der Waals surface area contributed by atoms with Crippen LogP contribution in [0.3, 0.4) is 0 Å². The molecule has 2 aromatic carbocycles. The lowest BCUT2D eigenvalue weighted by Gasteiger charge is -2.31. The number of nitrogens with zero attached hydrogens (tertiary/aromatic N) is 4. The predicted octanol–water partition coefficient (Wildman–Crippen LogP) is 4.44. The molecule has 0 fully saturated rings. The second kappa shape index (κ2) is 8.74. The molecule has 0 amide bonds. The molecule has 3 aromatic rings. The Morgan fingerprint density at radius 1 is 1.12 bits per heavy atom. The molecule has 1 aromatic heterocycles. The van der Waals surface area contributed by atoms with E-state index < -0.39 is 6.04 Å². The zero-order valence-corrected chi connectivity index (χ0v) is 19.1. The number of fused-ring (bicyclic) bond motifs is 1. The molecule has 5 rings (SSSR count). The molecular formula is C23H22BrN5O3. The van der Waals surface area contributed by atoms with Crippen molar-refractivity contribution in [2.24, 2.45) is 0 Å². The van der Waals surface area contributed by atoms with Gasteiger partial charge in [-0.2, -0.15) is 4.68 Å². The summed E-state index contributed by atoms with van der Waals surface area (Å²) in [5.74, 6) is 1.93. The second-order valence-electron chi connectivity index (χ2n) is 7.70. The number of Topliss-reactive ketones (excluding diaryl/α,β-unsaturated/α-hetero) is 1. The van der Waals surface area contributed by atoms with Crippen LogP contribution >= 0.6 is 15.9 Å². The number of carbonyl (C=O) groups excluding carboxylic acids is 1. The number of aromatic nitrogens is 4. The molecule has 0 bridgehead atoms. The minimum Gasteiger partial charge on any atom is -0.490 e. The summed E-state index contributed by atoms with van der Waals surface area (Å²) in [5.41, 5.74) is 3.56. The van der Waals surface area contributed by atoms with E-state index in [1.54, 1.807) is 4.68 Å². The molecule has 0 saturated heterocycles. The highest BCUT2D eigenvalue weighted by atomic mass is 79.9. The van der Waals surface area contributed by atoms with E-state index in [-0.39, 0.29) is 5.78 Å². The van der Waals surface area contributed by atoms with Crippen LogP contribution in [-0.4, -0.2) is 32.6 Å². The molecule has 1 aliphatic heterocycles. The van der Waals surface area contributed by atoms with Crippen LogP contribution in [0.2, 0.25) is 0 Å². The second-order valence-corrected chi connectivity index (χ2v) is 8.61. The molecule has 1 N–H and O–H groups in total. The Hall–Kier alpha value is -3.20. The van der Waals surface area contributed by atoms with Crippen molar-refractivity contribution in [3.8, 4) is 11.5 Å². The third-order valence-electron chi connectivity index (χ3n) is 5.62. The Morgan fingerprint density at radius 3 is 2.78 bits per heavy atom. The molecule has 0 saturated carbocycles. The molecule has 2 aliphatic rings. The van der Waals surface area contributed by atoms with Gasteiger partial charge in [-0.25, -0.2) is 0 Å². The monoisotopic (exact) mass is 495 g/mol. The molecule has 32 heavy (non-hydrogen) atoms. The van der Waals surface area contributed by atoms with Crippen molar-refractivity contribution < 1.29 is 14.3 Å². The lowest BCUT2D eigenvalue weighted by Crippen LogP contribution is -2.31. The summed E-state index contributed by atoms with van der Waals surface area (Å²) in [4.78, 5) is 12.9. The number of nitrogens with one attached hydrogen (secondary N) is 1. The Bertz CT molecular complexity index is 1190. The van der Waals surface area contributed by atoms with E-state index >= 15 is 0 Å². The van der Waals surface area contributed by atoms with Crippen LogP contribution in [0, 0.1) is 0 Å². The van der Waals surface area contributed by atoms with Crippen LogP contribution in [0.4, 0.5) is 5.95 Å². The normalized spacial score (nSPS) is 17.4. The smallest absolute Gasteiger partial charge is 0.248 e. The number of rotatable bonds is 6. The molecule has 8 nitrogen and oxygen atoms in total. The van der Waals surface area contributed by atoms with Crippen LogP contribution in [0.1, 0.15) is 43.4 Å².